The minimum absolute atomic E-state index is 0.0162. The zero-order chi connectivity index (χ0) is 20.4. The van der Waals surface area contributed by atoms with Gasteiger partial charge in [0.2, 0.25) is 0 Å². The number of carbonyl (C=O) groups is 1. The normalized spacial score (nSPS) is 12.4. The lowest BCUT2D eigenvalue weighted by atomic mass is 9.86. The van der Waals surface area contributed by atoms with Crippen molar-refractivity contribution in [2.24, 2.45) is 7.05 Å². The maximum Gasteiger partial charge on any atom is 0.311 e. The van der Waals surface area contributed by atoms with Gasteiger partial charge in [0.25, 0.3) is 0 Å². The van der Waals surface area contributed by atoms with E-state index in [0.717, 1.165) is 11.3 Å². The molecule has 0 atom stereocenters. The molecule has 5 nitrogen and oxygen atoms in total. The van der Waals surface area contributed by atoms with E-state index in [2.05, 4.69) is 31.9 Å². The van der Waals surface area contributed by atoms with Crippen molar-refractivity contribution in [2.75, 3.05) is 0 Å². The highest BCUT2D eigenvalue weighted by Crippen LogP contribution is 2.32. The first-order valence-electron chi connectivity index (χ1n) is 9.06. The first-order chi connectivity index (χ1) is 12.6. The molecule has 0 saturated heterocycles. The maximum absolute atomic E-state index is 12.1. The molecule has 0 spiro atoms. The Bertz CT molecular complexity index is 920. The second-order valence-corrected chi connectivity index (χ2v) is 7.65. The molecule has 0 aliphatic rings. The second-order valence-electron chi connectivity index (χ2n) is 7.65. The summed E-state index contributed by atoms with van der Waals surface area (Å²) in [5.41, 5.74) is 4.58. The van der Waals surface area contributed by atoms with Crippen molar-refractivity contribution < 1.29 is 9.53 Å². The molecule has 0 bridgehead atoms. The summed E-state index contributed by atoms with van der Waals surface area (Å²) >= 11 is 0. The Morgan fingerprint density at radius 3 is 2.22 bits per heavy atom. The summed E-state index contributed by atoms with van der Waals surface area (Å²) in [6.07, 6.45) is 0.223. The number of aryl methyl sites for hydroxylation is 2. The Balaban J connectivity index is 2.70. The molecular weight excluding hydrogens is 338 g/mol. The van der Waals surface area contributed by atoms with Crippen LogP contribution in [0.1, 0.15) is 62.2 Å². The van der Waals surface area contributed by atoms with Crippen LogP contribution >= 0.6 is 0 Å². The van der Waals surface area contributed by atoms with Crippen molar-refractivity contribution in [3.63, 3.8) is 0 Å². The molecule has 1 aromatic carbocycles. The van der Waals surface area contributed by atoms with Crippen LogP contribution in [0.4, 0.5) is 0 Å². The van der Waals surface area contributed by atoms with Gasteiger partial charge in [-0.05, 0) is 30.4 Å². The van der Waals surface area contributed by atoms with Gasteiger partial charge in [0, 0.05) is 19.0 Å². The van der Waals surface area contributed by atoms with Gasteiger partial charge in [-0.25, -0.2) is 0 Å². The number of hydrogen-bond donors (Lipinski definition) is 0. The molecule has 0 N–H and O–H groups in total. The highest BCUT2D eigenvalue weighted by molar-refractivity contribution is 5.97. The highest BCUT2D eigenvalue weighted by Gasteiger charge is 2.23. The summed E-state index contributed by atoms with van der Waals surface area (Å²) in [7, 11) is 1.78. The Labute approximate surface area is 161 Å². The van der Waals surface area contributed by atoms with E-state index in [0.29, 0.717) is 16.8 Å². The molecule has 2 rings (SSSR count). The molecule has 142 valence electrons. The smallest absolute Gasteiger partial charge is 0.311 e. The van der Waals surface area contributed by atoms with E-state index in [4.69, 9.17) is 4.74 Å². The predicted molar refractivity (Wildman–Crippen MR) is 107 cm³/mol. The van der Waals surface area contributed by atoms with Crippen molar-refractivity contribution in [1.29, 1.82) is 5.26 Å². The Hall–Kier alpha value is -2.87. The van der Waals surface area contributed by atoms with Gasteiger partial charge in [-0.15, -0.1) is 0 Å². The molecular formula is C22H27N3O2. The molecule has 0 aliphatic carbocycles. The average molecular weight is 365 g/mol. The standard InChI is InChI=1S/C22H27N3O2/c1-8-19(26)27-21(20-14(2)15(3)24-25(20)7)18(13-23)16-9-11-17(12-10-16)22(4,5)6/h9-12H,8H2,1-7H3/b21-18-. The molecule has 2 aromatic rings. The summed E-state index contributed by atoms with van der Waals surface area (Å²) in [5.74, 6) is -0.129. The summed E-state index contributed by atoms with van der Waals surface area (Å²) in [6.45, 7) is 11.9. The second kappa shape index (κ2) is 7.79. The van der Waals surface area contributed by atoms with Gasteiger partial charge < -0.3 is 4.74 Å². The quantitative estimate of drug-likeness (QED) is 0.448. The molecule has 0 saturated carbocycles. The Morgan fingerprint density at radius 1 is 1.22 bits per heavy atom. The third-order valence-corrected chi connectivity index (χ3v) is 4.62. The highest BCUT2D eigenvalue weighted by atomic mass is 16.5. The number of ether oxygens (including phenoxy) is 1. The van der Waals surface area contributed by atoms with E-state index in [1.807, 2.05) is 38.1 Å². The largest absolute Gasteiger partial charge is 0.423 e. The molecule has 0 fully saturated rings. The van der Waals surface area contributed by atoms with Gasteiger partial charge in [-0.3, -0.25) is 9.48 Å². The van der Waals surface area contributed by atoms with E-state index in [1.54, 1.807) is 18.7 Å². The summed E-state index contributed by atoms with van der Waals surface area (Å²) in [6, 6.07) is 10.0. The number of esters is 1. The van der Waals surface area contributed by atoms with Crippen LogP contribution in [0.25, 0.3) is 11.3 Å². The molecule has 0 radical (unpaired) electrons. The topological polar surface area (TPSA) is 67.9 Å². The third-order valence-electron chi connectivity index (χ3n) is 4.62. The van der Waals surface area contributed by atoms with E-state index in [1.165, 1.54) is 5.56 Å². The number of carbonyl (C=O) groups excluding carboxylic acids is 1. The summed E-state index contributed by atoms with van der Waals surface area (Å²) in [4.78, 5) is 12.1. The SMILES string of the molecule is CCC(=O)O/C(=C(/C#N)c1ccc(C(C)(C)C)cc1)c1c(C)c(C)nn1C. The van der Waals surface area contributed by atoms with Gasteiger partial charge in [-0.1, -0.05) is 52.0 Å². The van der Waals surface area contributed by atoms with Crippen molar-refractivity contribution in [3.05, 3.63) is 52.3 Å². The van der Waals surface area contributed by atoms with Crippen molar-refractivity contribution >= 4 is 17.3 Å². The van der Waals surface area contributed by atoms with Crippen LogP contribution in [0, 0.1) is 25.2 Å². The van der Waals surface area contributed by atoms with Crippen LogP contribution in [-0.2, 0) is 22.0 Å². The van der Waals surface area contributed by atoms with Gasteiger partial charge in [0.1, 0.15) is 17.3 Å². The number of allylic oxidation sites excluding steroid dienone is 1. The van der Waals surface area contributed by atoms with Crippen molar-refractivity contribution in [1.82, 2.24) is 9.78 Å². The number of nitriles is 1. The van der Waals surface area contributed by atoms with Gasteiger partial charge in [0.05, 0.1) is 5.69 Å². The molecule has 0 unspecified atom stereocenters. The lowest BCUT2D eigenvalue weighted by molar-refractivity contribution is -0.136. The lowest BCUT2D eigenvalue weighted by Crippen LogP contribution is -2.11. The molecule has 0 aliphatic heterocycles. The van der Waals surface area contributed by atoms with Crippen LogP contribution in [0.15, 0.2) is 24.3 Å². The minimum Gasteiger partial charge on any atom is -0.423 e. The fourth-order valence-electron chi connectivity index (χ4n) is 2.87. The summed E-state index contributed by atoms with van der Waals surface area (Å²) < 4.78 is 7.28. The fourth-order valence-corrected chi connectivity index (χ4v) is 2.87. The van der Waals surface area contributed by atoms with Crippen molar-refractivity contribution in [3.8, 4) is 6.07 Å². The first kappa shape index (κ1) is 20.4. The number of rotatable bonds is 4. The van der Waals surface area contributed by atoms with Crippen LogP contribution in [0.3, 0.4) is 0 Å². The zero-order valence-electron chi connectivity index (χ0n) is 17.2. The fraction of sp³-hybridized carbons (Fsp3) is 0.409. The van der Waals surface area contributed by atoms with Gasteiger partial charge in [-0.2, -0.15) is 10.4 Å². The van der Waals surface area contributed by atoms with Crippen LogP contribution in [0.2, 0.25) is 0 Å². The van der Waals surface area contributed by atoms with Crippen LogP contribution in [-0.4, -0.2) is 15.7 Å². The summed E-state index contributed by atoms with van der Waals surface area (Å²) in [5, 5.41) is 14.3. The molecule has 27 heavy (non-hydrogen) atoms. The Morgan fingerprint density at radius 2 is 1.81 bits per heavy atom. The first-order valence-corrected chi connectivity index (χ1v) is 9.06. The lowest BCUT2D eigenvalue weighted by Gasteiger charge is -2.19. The number of nitrogens with zero attached hydrogens (tertiary/aromatic N) is 3. The number of benzene rings is 1. The monoisotopic (exact) mass is 365 g/mol. The van der Waals surface area contributed by atoms with Gasteiger partial charge in [0.15, 0.2) is 5.76 Å². The number of aromatic nitrogens is 2. The van der Waals surface area contributed by atoms with Crippen molar-refractivity contribution in [2.45, 2.75) is 53.4 Å². The third kappa shape index (κ3) is 4.28. The van der Waals surface area contributed by atoms with E-state index < -0.39 is 0 Å². The maximum atomic E-state index is 12.1. The van der Waals surface area contributed by atoms with Crippen LogP contribution < -0.4 is 0 Å². The van der Waals surface area contributed by atoms with E-state index in [9.17, 15) is 10.1 Å². The van der Waals surface area contributed by atoms with E-state index >= 15 is 0 Å². The van der Waals surface area contributed by atoms with E-state index in [-0.39, 0.29) is 23.6 Å². The predicted octanol–water partition coefficient (Wildman–Crippen LogP) is 4.68. The molecule has 1 heterocycles. The van der Waals surface area contributed by atoms with Gasteiger partial charge >= 0.3 is 5.97 Å². The zero-order valence-corrected chi connectivity index (χ0v) is 17.2. The molecule has 0 amide bonds. The number of hydrogen-bond acceptors (Lipinski definition) is 4. The Kier molecular flexibility index (Phi) is 5.90. The van der Waals surface area contributed by atoms with Crippen LogP contribution in [0.5, 0.6) is 0 Å². The minimum atomic E-state index is -0.387. The molecule has 5 heteroatoms. The molecule has 1 aromatic heterocycles. The average Bonchev–Trinajstić information content (AvgIpc) is 2.86.